The number of thiocarbonyl (C=S) groups is 1. The number of amides is 2. The van der Waals surface area contributed by atoms with Crippen LogP contribution in [0.3, 0.4) is 0 Å². The molecule has 0 spiro atoms. The van der Waals surface area contributed by atoms with Crippen molar-refractivity contribution in [2.75, 3.05) is 18.0 Å². The molecule has 3 nitrogen and oxygen atoms in total. The largest absolute Gasteiger partial charge is 0.329 e. The number of hydrogen-bond donors (Lipinski definition) is 0. The predicted molar refractivity (Wildman–Crippen MR) is 68.6 cm³/mol. The molecular formula is C12H11FN2OS. The van der Waals surface area contributed by atoms with Crippen LogP contribution in [-0.4, -0.2) is 29.0 Å². The fraction of sp³-hybridized carbons (Fsp3) is 0.167. The van der Waals surface area contributed by atoms with Crippen LogP contribution in [0.4, 0.5) is 14.9 Å². The summed E-state index contributed by atoms with van der Waals surface area (Å²) in [6.45, 7) is 4.61. The number of halogens is 1. The highest BCUT2D eigenvalue weighted by atomic mass is 32.1. The van der Waals surface area contributed by atoms with Crippen molar-refractivity contribution in [3.8, 4) is 0 Å². The molecule has 88 valence electrons. The Labute approximate surface area is 104 Å². The number of nitrogens with zero attached hydrogens (tertiary/aromatic N) is 2. The Bertz CT molecular complexity index is 472. The molecule has 0 aliphatic carbocycles. The Morgan fingerprint density at radius 2 is 2.00 bits per heavy atom. The zero-order chi connectivity index (χ0) is 12.4. The van der Waals surface area contributed by atoms with E-state index in [9.17, 15) is 9.18 Å². The molecule has 0 bridgehead atoms. The van der Waals surface area contributed by atoms with Crippen molar-refractivity contribution < 1.29 is 9.18 Å². The number of urea groups is 1. The van der Waals surface area contributed by atoms with Crippen LogP contribution in [0.2, 0.25) is 0 Å². The maximum Gasteiger partial charge on any atom is 0.329 e. The SMILES string of the molecule is C=CC(=S)N1CCN(c2ccc(F)cc2)C1=O. The average molecular weight is 250 g/mol. The quantitative estimate of drug-likeness (QED) is 0.595. The second-order valence-electron chi connectivity index (χ2n) is 3.60. The molecule has 0 radical (unpaired) electrons. The predicted octanol–water partition coefficient (Wildman–Crippen LogP) is 2.58. The van der Waals surface area contributed by atoms with Crippen molar-refractivity contribution in [2.24, 2.45) is 0 Å². The lowest BCUT2D eigenvalue weighted by Crippen LogP contribution is -2.34. The summed E-state index contributed by atoms with van der Waals surface area (Å²) in [6.07, 6.45) is 1.47. The van der Waals surface area contributed by atoms with E-state index < -0.39 is 0 Å². The summed E-state index contributed by atoms with van der Waals surface area (Å²) in [4.78, 5) is 15.5. The first-order chi connectivity index (χ1) is 8.13. The molecule has 1 heterocycles. The van der Waals surface area contributed by atoms with Crippen molar-refractivity contribution in [2.45, 2.75) is 0 Å². The summed E-state index contributed by atoms with van der Waals surface area (Å²) >= 11 is 5.02. The van der Waals surface area contributed by atoms with E-state index in [-0.39, 0.29) is 11.8 Å². The zero-order valence-corrected chi connectivity index (χ0v) is 9.91. The third-order valence-corrected chi connectivity index (χ3v) is 2.98. The van der Waals surface area contributed by atoms with Crippen LogP contribution in [0, 0.1) is 5.82 Å². The molecule has 1 fully saturated rings. The van der Waals surface area contributed by atoms with E-state index in [0.717, 1.165) is 0 Å². The molecule has 1 aliphatic rings. The van der Waals surface area contributed by atoms with Crippen LogP contribution < -0.4 is 4.90 Å². The summed E-state index contributed by atoms with van der Waals surface area (Å²) in [7, 11) is 0. The minimum atomic E-state index is -0.320. The molecule has 2 amide bonds. The first kappa shape index (κ1) is 11.7. The Kier molecular flexibility index (Phi) is 3.19. The lowest BCUT2D eigenvalue weighted by atomic mass is 10.3. The molecule has 0 N–H and O–H groups in total. The van der Waals surface area contributed by atoms with Gasteiger partial charge in [0.1, 0.15) is 10.8 Å². The summed E-state index contributed by atoms with van der Waals surface area (Å²) in [5, 5.41) is 0. The Balaban J connectivity index is 2.20. The van der Waals surface area contributed by atoms with E-state index in [1.807, 2.05) is 0 Å². The molecule has 1 saturated heterocycles. The first-order valence-corrected chi connectivity index (χ1v) is 5.55. The van der Waals surface area contributed by atoms with Gasteiger partial charge in [-0.1, -0.05) is 18.8 Å². The van der Waals surface area contributed by atoms with Gasteiger partial charge in [0.05, 0.1) is 0 Å². The highest BCUT2D eigenvalue weighted by Crippen LogP contribution is 2.21. The summed E-state index contributed by atoms with van der Waals surface area (Å²) in [5.74, 6) is -0.320. The number of anilines is 1. The molecule has 2 rings (SSSR count). The fourth-order valence-electron chi connectivity index (χ4n) is 1.71. The Morgan fingerprint density at radius 1 is 1.35 bits per heavy atom. The monoisotopic (exact) mass is 250 g/mol. The van der Waals surface area contributed by atoms with Gasteiger partial charge in [0.25, 0.3) is 0 Å². The average Bonchev–Trinajstić information content (AvgIpc) is 2.71. The number of benzene rings is 1. The fourth-order valence-corrected chi connectivity index (χ4v) is 1.88. The molecule has 0 aromatic heterocycles. The zero-order valence-electron chi connectivity index (χ0n) is 9.10. The van der Waals surface area contributed by atoms with Crippen molar-refractivity contribution in [3.05, 3.63) is 42.7 Å². The lowest BCUT2D eigenvalue weighted by molar-refractivity contribution is 0.238. The maximum absolute atomic E-state index is 12.8. The van der Waals surface area contributed by atoms with Gasteiger partial charge in [-0.3, -0.25) is 9.80 Å². The van der Waals surface area contributed by atoms with Gasteiger partial charge in [0.15, 0.2) is 0 Å². The van der Waals surface area contributed by atoms with Gasteiger partial charge in [-0.05, 0) is 30.3 Å². The van der Waals surface area contributed by atoms with E-state index in [2.05, 4.69) is 6.58 Å². The molecule has 1 aliphatic heterocycles. The minimum absolute atomic E-state index is 0.193. The van der Waals surface area contributed by atoms with Gasteiger partial charge in [-0.2, -0.15) is 0 Å². The van der Waals surface area contributed by atoms with Gasteiger partial charge in [-0.15, -0.1) is 0 Å². The maximum atomic E-state index is 12.8. The highest BCUT2D eigenvalue weighted by molar-refractivity contribution is 7.80. The molecule has 0 saturated carbocycles. The van der Waals surface area contributed by atoms with E-state index >= 15 is 0 Å². The van der Waals surface area contributed by atoms with Crippen LogP contribution in [0.15, 0.2) is 36.9 Å². The van der Waals surface area contributed by atoms with Crippen molar-refractivity contribution in [3.63, 3.8) is 0 Å². The van der Waals surface area contributed by atoms with E-state index in [1.54, 1.807) is 17.0 Å². The Morgan fingerprint density at radius 3 is 2.59 bits per heavy atom. The van der Waals surface area contributed by atoms with Crippen molar-refractivity contribution in [1.29, 1.82) is 0 Å². The third kappa shape index (κ3) is 2.19. The van der Waals surface area contributed by atoms with E-state index in [4.69, 9.17) is 12.2 Å². The number of carbonyl (C=O) groups excluding carboxylic acids is 1. The number of carbonyl (C=O) groups is 1. The van der Waals surface area contributed by atoms with Gasteiger partial charge in [0, 0.05) is 18.8 Å². The van der Waals surface area contributed by atoms with Gasteiger partial charge >= 0.3 is 6.03 Å². The standard InChI is InChI=1S/C12H11FN2OS/c1-2-11(17)15-8-7-14(12(15)16)10-5-3-9(13)4-6-10/h2-6H,1,7-8H2. The summed E-state index contributed by atoms with van der Waals surface area (Å²) < 4.78 is 12.8. The topological polar surface area (TPSA) is 23.6 Å². The van der Waals surface area contributed by atoms with Crippen LogP contribution in [0.5, 0.6) is 0 Å². The van der Waals surface area contributed by atoms with Crippen LogP contribution in [-0.2, 0) is 0 Å². The van der Waals surface area contributed by atoms with Crippen LogP contribution in [0.1, 0.15) is 0 Å². The van der Waals surface area contributed by atoms with Crippen LogP contribution in [0.25, 0.3) is 0 Å². The highest BCUT2D eigenvalue weighted by Gasteiger charge is 2.30. The lowest BCUT2D eigenvalue weighted by Gasteiger charge is -2.17. The Hall–Kier alpha value is -1.75. The molecule has 17 heavy (non-hydrogen) atoms. The van der Waals surface area contributed by atoms with Crippen molar-refractivity contribution >= 4 is 28.9 Å². The second kappa shape index (κ2) is 4.63. The molecule has 5 heteroatoms. The van der Waals surface area contributed by atoms with E-state index in [1.165, 1.54) is 23.1 Å². The van der Waals surface area contributed by atoms with E-state index in [0.29, 0.717) is 23.8 Å². The van der Waals surface area contributed by atoms with Gasteiger partial charge in [-0.25, -0.2) is 9.18 Å². The molecular weight excluding hydrogens is 239 g/mol. The van der Waals surface area contributed by atoms with Gasteiger partial charge < -0.3 is 0 Å². The molecule has 0 atom stereocenters. The summed E-state index contributed by atoms with van der Waals surface area (Å²) in [6, 6.07) is 5.62. The molecule has 0 unspecified atom stereocenters. The third-order valence-electron chi connectivity index (χ3n) is 2.59. The summed E-state index contributed by atoms with van der Waals surface area (Å²) in [5.41, 5.74) is 0.672. The van der Waals surface area contributed by atoms with Crippen LogP contribution >= 0.6 is 12.2 Å². The van der Waals surface area contributed by atoms with Gasteiger partial charge in [0.2, 0.25) is 0 Å². The number of hydrogen-bond acceptors (Lipinski definition) is 2. The van der Waals surface area contributed by atoms with Crippen molar-refractivity contribution in [1.82, 2.24) is 4.90 Å². The second-order valence-corrected chi connectivity index (χ2v) is 4.02. The normalized spacial score (nSPS) is 15.2. The first-order valence-electron chi connectivity index (χ1n) is 5.14. The molecule has 1 aromatic carbocycles. The number of rotatable bonds is 2. The smallest absolute Gasteiger partial charge is 0.292 e. The molecule has 1 aromatic rings. The minimum Gasteiger partial charge on any atom is -0.292 e.